The summed E-state index contributed by atoms with van der Waals surface area (Å²) in [5.41, 5.74) is 3.48. The van der Waals surface area contributed by atoms with Crippen molar-refractivity contribution < 1.29 is 4.39 Å². The number of rotatable bonds is 4. The summed E-state index contributed by atoms with van der Waals surface area (Å²) >= 11 is 0. The second-order valence-electron chi connectivity index (χ2n) is 5.04. The number of aryl methyl sites for hydroxylation is 1. The van der Waals surface area contributed by atoms with Crippen molar-refractivity contribution >= 4 is 0 Å². The summed E-state index contributed by atoms with van der Waals surface area (Å²) in [5.74, 6) is -0.195. The second-order valence-corrected chi connectivity index (χ2v) is 5.04. The van der Waals surface area contributed by atoms with E-state index in [9.17, 15) is 4.39 Å². The van der Waals surface area contributed by atoms with Crippen LogP contribution in [0.25, 0.3) is 11.1 Å². The van der Waals surface area contributed by atoms with Crippen LogP contribution in [-0.2, 0) is 6.54 Å². The van der Waals surface area contributed by atoms with Gasteiger partial charge in [0.1, 0.15) is 5.82 Å². The molecule has 0 saturated heterocycles. The summed E-state index contributed by atoms with van der Waals surface area (Å²) in [6, 6.07) is 9.41. The molecule has 0 amide bonds. The van der Waals surface area contributed by atoms with Crippen LogP contribution in [0.2, 0.25) is 0 Å². The van der Waals surface area contributed by atoms with Gasteiger partial charge in [0.05, 0.1) is 0 Å². The monoisotopic (exact) mass is 258 g/mol. The van der Waals surface area contributed by atoms with Crippen molar-refractivity contribution in [2.75, 3.05) is 0 Å². The van der Waals surface area contributed by atoms with Crippen LogP contribution in [0, 0.1) is 12.7 Å². The van der Waals surface area contributed by atoms with Crippen molar-refractivity contribution in [2.45, 2.75) is 33.4 Å². The molecule has 0 fully saturated rings. The molecule has 2 nitrogen and oxygen atoms in total. The van der Waals surface area contributed by atoms with Gasteiger partial charge in [-0.3, -0.25) is 4.98 Å². The normalized spacial score (nSPS) is 11.0. The quantitative estimate of drug-likeness (QED) is 0.904. The van der Waals surface area contributed by atoms with Gasteiger partial charge in [0.2, 0.25) is 0 Å². The average molecular weight is 258 g/mol. The minimum Gasteiger partial charge on any atom is -0.310 e. The Hall–Kier alpha value is -1.74. The molecule has 2 rings (SSSR count). The largest absolute Gasteiger partial charge is 0.310 e. The van der Waals surface area contributed by atoms with Gasteiger partial charge in [0.25, 0.3) is 0 Å². The number of aromatic nitrogens is 1. The van der Waals surface area contributed by atoms with E-state index in [1.54, 1.807) is 6.20 Å². The summed E-state index contributed by atoms with van der Waals surface area (Å²) in [5, 5.41) is 3.34. The minimum atomic E-state index is -0.195. The number of hydrogen-bond acceptors (Lipinski definition) is 2. The Balaban J connectivity index is 2.31. The Morgan fingerprint density at radius 3 is 2.68 bits per heavy atom. The van der Waals surface area contributed by atoms with Crippen molar-refractivity contribution in [1.29, 1.82) is 0 Å². The summed E-state index contributed by atoms with van der Waals surface area (Å²) in [6.07, 6.45) is 1.71. The number of hydrogen-bond donors (Lipinski definition) is 1. The van der Waals surface area contributed by atoms with Gasteiger partial charge >= 0.3 is 0 Å². The maximum Gasteiger partial charge on any atom is 0.131 e. The number of nitrogens with one attached hydrogen (secondary N) is 1. The van der Waals surface area contributed by atoms with E-state index in [0.29, 0.717) is 11.6 Å². The van der Waals surface area contributed by atoms with E-state index in [2.05, 4.69) is 24.1 Å². The topological polar surface area (TPSA) is 24.9 Å². The highest BCUT2D eigenvalue weighted by atomic mass is 19.1. The van der Waals surface area contributed by atoms with E-state index < -0.39 is 0 Å². The zero-order chi connectivity index (χ0) is 13.8. The van der Waals surface area contributed by atoms with Crippen LogP contribution in [0.4, 0.5) is 4.39 Å². The van der Waals surface area contributed by atoms with E-state index in [4.69, 9.17) is 0 Å². The van der Waals surface area contributed by atoms with Gasteiger partial charge in [0, 0.05) is 30.0 Å². The SMILES string of the molecule is Cc1cc(-c2cc(CNC(C)C)ccc2F)ccn1. The Bertz CT molecular complexity index is 564. The van der Waals surface area contributed by atoms with Crippen molar-refractivity contribution in [3.63, 3.8) is 0 Å². The van der Waals surface area contributed by atoms with Gasteiger partial charge in [-0.05, 0) is 42.3 Å². The zero-order valence-electron chi connectivity index (χ0n) is 11.6. The molecule has 2 aromatic rings. The standard InChI is InChI=1S/C16H19FN2/c1-11(2)19-10-13-4-5-16(17)15(9-13)14-6-7-18-12(3)8-14/h4-9,11,19H,10H2,1-3H3. The molecule has 100 valence electrons. The Morgan fingerprint density at radius 1 is 1.21 bits per heavy atom. The van der Waals surface area contributed by atoms with Gasteiger partial charge < -0.3 is 5.32 Å². The van der Waals surface area contributed by atoms with Crippen LogP contribution in [0.3, 0.4) is 0 Å². The molecule has 0 unspecified atom stereocenters. The Kier molecular flexibility index (Phi) is 4.27. The molecular formula is C16H19FN2. The summed E-state index contributed by atoms with van der Waals surface area (Å²) < 4.78 is 13.9. The van der Waals surface area contributed by atoms with E-state index in [-0.39, 0.29) is 5.82 Å². The number of pyridine rings is 1. The predicted octanol–water partition coefficient (Wildman–Crippen LogP) is 3.69. The smallest absolute Gasteiger partial charge is 0.131 e. The molecule has 0 radical (unpaired) electrons. The molecule has 3 heteroatoms. The van der Waals surface area contributed by atoms with Crippen LogP contribution in [0.1, 0.15) is 25.1 Å². The Labute approximate surface area is 113 Å². The van der Waals surface area contributed by atoms with Gasteiger partial charge in [-0.25, -0.2) is 4.39 Å². The lowest BCUT2D eigenvalue weighted by atomic mass is 10.0. The molecule has 0 saturated carbocycles. The molecule has 0 aliphatic carbocycles. The van der Waals surface area contributed by atoms with Crippen LogP contribution < -0.4 is 5.32 Å². The van der Waals surface area contributed by atoms with E-state index in [1.807, 2.05) is 31.2 Å². The second kappa shape index (κ2) is 5.93. The molecule has 1 N–H and O–H groups in total. The van der Waals surface area contributed by atoms with Crippen LogP contribution in [-0.4, -0.2) is 11.0 Å². The van der Waals surface area contributed by atoms with E-state index in [0.717, 1.165) is 23.4 Å². The number of nitrogens with zero attached hydrogens (tertiary/aromatic N) is 1. The lowest BCUT2D eigenvalue weighted by Crippen LogP contribution is -2.21. The van der Waals surface area contributed by atoms with Gasteiger partial charge in [-0.1, -0.05) is 19.9 Å². The van der Waals surface area contributed by atoms with Gasteiger partial charge in [-0.2, -0.15) is 0 Å². The first-order valence-corrected chi connectivity index (χ1v) is 6.51. The highest BCUT2D eigenvalue weighted by Crippen LogP contribution is 2.24. The Morgan fingerprint density at radius 2 is 2.00 bits per heavy atom. The van der Waals surface area contributed by atoms with E-state index >= 15 is 0 Å². The van der Waals surface area contributed by atoms with Crippen molar-refractivity contribution in [3.05, 3.63) is 53.6 Å². The van der Waals surface area contributed by atoms with Gasteiger partial charge in [0.15, 0.2) is 0 Å². The van der Waals surface area contributed by atoms with Crippen LogP contribution in [0.15, 0.2) is 36.5 Å². The summed E-state index contributed by atoms with van der Waals surface area (Å²) in [7, 11) is 0. The first-order valence-electron chi connectivity index (χ1n) is 6.51. The molecule has 1 aromatic heterocycles. The van der Waals surface area contributed by atoms with Crippen LogP contribution >= 0.6 is 0 Å². The first kappa shape index (κ1) is 13.7. The molecule has 0 spiro atoms. The maximum absolute atomic E-state index is 13.9. The highest BCUT2D eigenvalue weighted by molar-refractivity contribution is 5.65. The molecule has 0 aliphatic rings. The third kappa shape index (κ3) is 3.61. The van der Waals surface area contributed by atoms with Crippen molar-refractivity contribution in [2.24, 2.45) is 0 Å². The molecule has 1 aromatic carbocycles. The zero-order valence-corrected chi connectivity index (χ0v) is 11.6. The van der Waals surface area contributed by atoms with Gasteiger partial charge in [-0.15, -0.1) is 0 Å². The molecule has 19 heavy (non-hydrogen) atoms. The first-order chi connectivity index (χ1) is 9.06. The molecular weight excluding hydrogens is 239 g/mol. The summed E-state index contributed by atoms with van der Waals surface area (Å²) in [6.45, 7) is 6.84. The molecule has 0 atom stereocenters. The van der Waals surface area contributed by atoms with Crippen molar-refractivity contribution in [3.8, 4) is 11.1 Å². The number of halogens is 1. The minimum absolute atomic E-state index is 0.195. The predicted molar refractivity (Wildman–Crippen MR) is 76.3 cm³/mol. The third-order valence-corrected chi connectivity index (χ3v) is 2.95. The molecule has 0 bridgehead atoms. The number of benzene rings is 1. The highest BCUT2D eigenvalue weighted by Gasteiger charge is 2.07. The molecule has 1 heterocycles. The average Bonchev–Trinajstić information content (AvgIpc) is 2.37. The lowest BCUT2D eigenvalue weighted by Gasteiger charge is -2.10. The molecule has 0 aliphatic heterocycles. The fourth-order valence-corrected chi connectivity index (χ4v) is 1.94. The van der Waals surface area contributed by atoms with Crippen LogP contribution in [0.5, 0.6) is 0 Å². The maximum atomic E-state index is 13.9. The van der Waals surface area contributed by atoms with E-state index in [1.165, 1.54) is 6.07 Å². The third-order valence-electron chi connectivity index (χ3n) is 2.95. The summed E-state index contributed by atoms with van der Waals surface area (Å²) in [4.78, 5) is 4.14. The fraction of sp³-hybridized carbons (Fsp3) is 0.312. The fourth-order valence-electron chi connectivity index (χ4n) is 1.94. The lowest BCUT2D eigenvalue weighted by molar-refractivity contribution is 0.586. The van der Waals surface area contributed by atoms with Crippen molar-refractivity contribution in [1.82, 2.24) is 10.3 Å².